The van der Waals surface area contributed by atoms with E-state index in [9.17, 15) is 8.42 Å². The smallest absolute Gasteiger partial charge is 0.211 e. The highest BCUT2D eigenvalue weighted by Crippen LogP contribution is 2.42. The van der Waals surface area contributed by atoms with E-state index in [0.29, 0.717) is 25.6 Å². The molecule has 3 rings (SSSR count). The number of piperidine rings is 1. The Hall–Kier alpha value is -1.18. The minimum atomic E-state index is -3.10. The molecule has 0 bridgehead atoms. The molecule has 0 N–H and O–H groups in total. The number of rotatable bonds is 5. The highest BCUT2D eigenvalue weighted by atomic mass is 32.2. The first-order valence-electron chi connectivity index (χ1n) is 8.11. The molecule has 23 heavy (non-hydrogen) atoms. The molecular weight excluding hydrogens is 316 g/mol. The number of nitrogens with zero attached hydrogens (tertiary/aromatic N) is 2. The molecule has 2 aliphatic rings. The van der Waals surface area contributed by atoms with Crippen LogP contribution in [0.2, 0.25) is 0 Å². The summed E-state index contributed by atoms with van der Waals surface area (Å²) >= 11 is 0. The second-order valence-corrected chi connectivity index (χ2v) is 8.37. The Kier molecular flexibility index (Phi) is 4.89. The van der Waals surface area contributed by atoms with Gasteiger partial charge in [0.05, 0.1) is 24.7 Å². The van der Waals surface area contributed by atoms with Crippen LogP contribution < -0.4 is 4.74 Å². The van der Waals surface area contributed by atoms with Gasteiger partial charge < -0.3 is 9.47 Å². The molecule has 7 heteroatoms. The zero-order chi connectivity index (χ0) is 16.3. The molecule has 2 saturated heterocycles. The van der Waals surface area contributed by atoms with Gasteiger partial charge in [-0.2, -0.15) is 0 Å². The molecule has 128 valence electrons. The number of pyridine rings is 1. The maximum atomic E-state index is 11.7. The van der Waals surface area contributed by atoms with Crippen molar-refractivity contribution in [2.24, 2.45) is 5.92 Å². The minimum absolute atomic E-state index is 0.167. The number of sulfonamides is 1. The second kappa shape index (κ2) is 6.75. The highest BCUT2D eigenvalue weighted by Gasteiger charge is 2.46. The van der Waals surface area contributed by atoms with E-state index >= 15 is 0 Å². The summed E-state index contributed by atoms with van der Waals surface area (Å²) in [6.45, 7) is 2.51. The Morgan fingerprint density at radius 3 is 2.87 bits per heavy atom. The lowest BCUT2D eigenvalue weighted by atomic mass is 9.78. The summed E-state index contributed by atoms with van der Waals surface area (Å²) in [6.07, 6.45) is 8.21. The van der Waals surface area contributed by atoms with Crippen LogP contribution in [0.15, 0.2) is 24.5 Å². The first kappa shape index (κ1) is 16.7. The van der Waals surface area contributed by atoms with Crippen molar-refractivity contribution in [3.8, 4) is 5.75 Å². The van der Waals surface area contributed by atoms with Crippen molar-refractivity contribution in [3.05, 3.63) is 24.5 Å². The summed E-state index contributed by atoms with van der Waals surface area (Å²) < 4.78 is 36.7. The molecule has 0 aromatic carbocycles. The molecule has 0 radical (unpaired) electrons. The Morgan fingerprint density at radius 1 is 1.43 bits per heavy atom. The van der Waals surface area contributed by atoms with Gasteiger partial charge >= 0.3 is 0 Å². The maximum absolute atomic E-state index is 11.7. The molecule has 2 fully saturated rings. The van der Waals surface area contributed by atoms with Gasteiger partial charge in [0.25, 0.3) is 0 Å². The Bertz CT molecular complexity index is 612. The molecule has 1 spiro atoms. The Labute approximate surface area is 137 Å². The number of hydrogen-bond acceptors (Lipinski definition) is 5. The molecule has 1 unspecified atom stereocenters. The van der Waals surface area contributed by atoms with Crippen molar-refractivity contribution in [1.29, 1.82) is 0 Å². The zero-order valence-corrected chi connectivity index (χ0v) is 14.3. The van der Waals surface area contributed by atoms with Crippen molar-refractivity contribution in [2.45, 2.75) is 31.3 Å². The van der Waals surface area contributed by atoms with E-state index in [1.54, 1.807) is 16.7 Å². The number of ether oxygens (including phenoxy) is 2. The standard InChI is InChI=1S/C16H24N2O4S/c1-23(19,20)18-9-6-16(7-10-18)14(5-12-22-16)4-11-21-15-3-2-8-17-13-15/h2-3,8,13-14H,4-7,9-12H2,1H3. The van der Waals surface area contributed by atoms with E-state index in [2.05, 4.69) is 4.98 Å². The van der Waals surface area contributed by atoms with Gasteiger partial charge in [-0.05, 0) is 43.7 Å². The van der Waals surface area contributed by atoms with Gasteiger partial charge in [-0.1, -0.05) is 0 Å². The predicted octanol–water partition coefficient (Wildman–Crippen LogP) is 1.68. The van der Waals surface area contributed by atoms with Crippen LogP contribution >= 0.6 is 0 Å². The third-order valence-electron chi connectivity index (χ3n) is 5.01. The van der Waals surface area contributed by atoms with Crippen LogP contribution in [0.5, 0.6) is 5.75 Å². The molecule has 0 aliphatic carbocycles. The molecule has 1 aromatic heterocycles. The van der Waals surface area contributed by atoms with Gasteiger partial charge in [-0.3, -0.25) is 4.98 Å². The predicted molar refractivity (Wildman–Crippen MR) is 86.8 cm³/mol. The van der Waals surface area contributed by atoms with Crippen LogP contribution in [0.25, 0.3) is 0 Å². The molecule has 0 amide bonds. The lowest BCUT2D eigenvalue weighted by Gasteiger charge is -2.41. The summed E-state index contributed by atoms with van der Waals surface area (Å²) in [6, 6.07) is 3.76. The lowest BCUT2D eigenvalue weighted by molar-refractivity contribution is -0.0588. The molecule has 0 saturated carbocycles. The minimum Gasteiger partial charge on any atom is -0.492 e. The summed E-state index contributed by atoms with van der Waals surface area (Å²) in [5.41, 5.74) is -0.167. The molecule has 3 heterocycles. The van der Waals surface area contributed by atoms with E-state index in [-0.39, 0.29) is 5.60 Å². The van der Waals surface area contributed by atoms with Crippen LogP contribution in [0.4, 0.5) is 0 Å². The van der Waals surface area contributed by atoms with E-state index in [1.165, 1.54) is 6.26 Å². The summed E-state index contributed by atoms with van der Waals surface area (Å²) in [7, 11) is -3.10. The van der Waals surface area contributed by atoms with Gasteiger partial charge in [0.2, 0.25) is 10.0 Å². The lowest BCUT2D eigenvalue weighted by Crippen LogP contribution is -2.49. The van der Waals surface area contributed by atoms with Crippen LogP contribution in [0, 0.1) is 5.92 Å². The largest absolute Gasteiger partial charge is 0.492 e. The first-order valence-corrected chi connectivity index (χ1v) is 9.96. The topological polar surface area (TPSA) is 68.7 Å². The van der Waals surface area contributed by atoms with Gasteiger partial charge in [0, 0.05) is 25.9 Å². The summed E-state index contributed by atoms with van der Waals surface area (Å²) in [4.78, 5) is 4.04. The van der Waals surface area contributed by atoms with Crippen LogP contribution in [-0.4, -0.2) is 55.9 Å². The molecule has 1 aromatic rings. The van der Waals surface area contributed by atoms with Gasteiger partial charge in [-0.25, -0.2) is 12.7 Å². The fourth-order valence-corrected chi connectivity index (χ4v) is 4.54. The average molecular weight is 340 g/mol. The quantitative estimate of drug-likeness (QED) is 0.816. The van der Waals surface area contributed by atoms with E-state index in [4.69, 9.17) is 9.47 Å². The second-order valence-electron chi connectivity index (χ2n) is 6.39. The molecular formula is C16H24N2O4S. The molecule has 6 nitrogen and oxygen atoms in total. The average Bonchev–Trinajstić information content (AvgIpc) is 2.90. The van der Waals surface area contributed by atoms with Crippen molar-refractivity contribution >= 4 is 10.0 Å². The number of hydrogen-bond donors (Lipinski definition) is 0. The van der Waals surface area contributed by atoms with E-state index in [0.717, 1.165) is 38.0 Å². The maximum Gasteiger partial charge on any atom is 0.211 e. The Balaban J connectivity index is 1.54. The van der Waals surface area contributed by atoms with Crippen molar-refractivity contribution in [2.75, 3.05) is 32.6 Å². The zero-order valence-electron chi connectivity index (χ0n) is 13.5. The number of aromatic nitrogens is 1. The third kappa shape index (κ3) is 3.84. The van der Waals surface area contributed by atoms with Crippen molar-refractivity contribution in [3.63, 3.8) is 0 Å². The van der Waals surface area contributed by atoms with Gasteiger partial charge in [-0.15, -0.1) is 0 Å². The van der Waals surface area contributed by atoms with Crippen LogP contribution in [-0.2, 0) is 14.8 Å². The fourth-order valence-electron chi connectivity index (χ4n) is 3.69. The SMILES string of the molecule is CS(=O)(=O)N1CCC2(CC1)OCCC2CCOc1cccnc1. The van der Waals surface area contributed by atoms with Crippen molar-refractivity contribution < 1.29 is 17.9 Å². The fraction of sp³-hybridized carbons (Fsp3) is 0.688. The normalized spacial score (nSPS) is 24.8. The van der Waals surface area contributed by atoms with Crippen LogP contribution in [0.3, 0.4) is 0 Å². The summed E-state index contributed by atoms with van der Waals surface area (Å²) in [5.74, 6) is 1.22. The summed E-state index contributed by atoms with van der Waals surface area (Å²) in [5, 5.41) is 0. The first-order chi connectivity index (χ1) is 11.0. The van der Waals surface area contributed by atoms with Crippen LogP contribution in [0.1, 0.15) is 25.7 Å². The third-order valence-corrected chi connectivity index (χ3v) is 6.31. The van der Waals surface area contributed by atoms with E-state index < -0.39 is 10.0 Å². The molecule has 1 atom stereocenters. The van der Waals surface area contributed by atoms with Gasteiger partial charge in [0.1, 0.15) is 5.75 Å². The Morgan fingerprint density at radius 2 is 2.22 bits per heavy atom. The van der Waals surface area contributed by atoms with E-state index in [1.807, 2.05) is 12.1 Å². The highest BCUT2D eigenvalue weighted by molar-refractivity contribution is 7.88. The molecule has 2 aliphatic heterocycles. The van der Waals surface area contributed by atoms with Crippen molar-refractivity contribution in [1.82, 2.24) is 9.29 Å². The monoisotopic (exact) mass is 340 g/mol. The van der Waals surface area contributed by atoms with Gasteiger partial charge in [0.15, 0.2) is 0 Å².